The van der Waals surface area contributed by atoms with Crippen molar-refractivity contribution in [3.8, 4) is 0 Å². The van der Waals surface area contributed by atoms with Crippen LogP contribution in [-0.2, 0) is 25.9 Å². The Morgan fingerprint density at radius 3 is 3.08 bits per heavy atom. The highest BCUT2D eigenvalue weighted by molar-refractivity contribution is 7.16. The standard InChI is InChI=1S/C15H19N7OS/c1-3-13-20-22-14(23)6-11(18-15(22)24-13)7-16-10-4-5-12-17-9(2)19-21(12)8-10/h6,10,16H,3-5,7-8H2,1-2H3. The number of aryl methyl sites for hydroxylation is 3. The van der Waals surface area contributed by atoms with E-state index in [4.69, 9.17) is 0 Å². The lowest BCUT2D eigenvalue weighted by molar-refractivity contribution is 0.356. The van der Waals surface area contributed by atoms with Gasteiger partial charge in [-0.25, -0.2) is 14.6 Å². The maximum atomic E-state index is 12.2. The molecule has 4 rings (SSSR count). The van der Waals surface area contributed by atoms with Crippen LogP contribution in [0.5, 0.6) is 0 Å². The van der Waals surface area contributed by atoms with Gasteiger partial charge < -0.3 is 5.32 Å². The predicted octanol–water partition coefficient (Wildman–Crippen LogP) is 0.718. The van der Waals surface area contributed by atoms with Crippen molar-refractivity contribution in [2.24, 2.45) is 0 Å². The van der Waals surface area contributed by atoms with Crippen molar-refractivity contribution in [3.63, 3.8) is 0 Å². The highest BCUT2D eigenvalue weighted by Gasteiger charge is 2.20. The Kier molecular flexibility index (Phi) is 3.89. The van der Waals surface area contributed by atoms with Gasteiger partial charge in [-0.05, 0) is 19.8 Å². The molecule has 0 radical (unpaired) electrons. The SMILES string of the molecule is CCc1nn2c(=O)cc(CNC3CCc4nc(C)nn4C3)nc2s1. The summed E-state index contributed by atoms with van der Waals surface area (Å²) in [6, 6.07) is 1.87. The van der Waals surface area contributed by atoms with Crippen molar-refractivity contribution in [1.29, 1.82) is 0 Å². The maximum Gasteiger partial charge on any atom is 0.275 e. The third-order valence-corrected chi connectivity index (χ3v) is 5.23. The number of nitrogens with one attached hydrogen (secondary N) is 1. The van der Waals surface area contributed by atoms with E-state index in [1.807, 2.05) is 18.5 Å². The van der Waals surface area contributed by atoms with Gasteiger partial charge >= 0.3 is 0 Å². The lowest BCUT2D eigenvalue weighted by Gasteiger charge is -2.23. The van der Waals surface area contributed by atoms with E-state index >= 15 is 0 Å². The normalized spacial score (nSPS) is 17.3. The molecule has 1 aliphatic heterocycles. The summed E-state index contributed by atoms with van der Waals surface area (Å²) in [4.78, 5) is 21.8. The molecule has 0 aromatic carbocycles. The molecule has 1 N–H and O–H groups in total. The molecule has 3 aromatic heterocycles. The topological polar surface area (TPSA) is 90.0 Å². The van der Waals surface area contributed by atoms with Gasteiger partial charge in [0, 0.05) is 25.1 Å². The molecule has 0 saturated carbocycles. The maximum absolute atomic E-state index is 12.2. The Hall–Kier alpha value is -2.13. The Balaban J connectivity index is 1.48. The van der Waals surface area contributed by atoms with Gasteiger partial charge in [-0.2, -0.15) is 14.7 Å². The Morgan fingerprint density at radius 2 is 2.25 bits per heavy atom. The van der Waals surface area contributed by atoms with Gasteiger partial charge in [-0.1, -0.05) is 18.3 Å². The number of hydrogen-bond acceptors (Lipinski definition) is 7. The van der Waals surface area contributed by atoms with Crippen LogP contribution < -0.4 is 10.9 Å². The van der Waals surface area contributed by atoms with Crippen molar-refractivity contribution in [1.82, 2.24) is 34.7 Å². The first-order chi connectivity index (χ1) is 11.6. The monoisotopic (exact) mass is 345 g/mol. The summed E-state index contributed by atoms with van der Waals surface area (Å²) in [6.07, 6.45) is 2.74. The summed E-state index contributed by atoms with van der Waals surface area (Å²) in [6.45, 7) is 5.31. The molecule has 0 amide bonds. The van der Waals surface area contributed by atoms with Crippen LogP contribution in [0.2, 0.25) is 0 Å². The molecule has 3 aromatic rings. The van der Waals surface area contributed by atoms with Gasteiger partial charge in [0.1, 0.15) is 16.7 Å². The van der Waals surface area contributed by atoms with Crippen molar-refractivity contribution in [2.75, 3.05) is 0 Å². The zero-order valence-electron chi connectivity index (χ0n) is 13.7. The van der Waals surface area contributed by atoms with Gasteiger partial charge in [0.2, 0.25) is 4.96 Å². The smallest absolute Gasteiger partial charge is 0.275 e. The molecule has 126 valence electrons. The average Bonchev–Trinajstić information content (AvgIpc) is 3.14. The van der Waals surface area contributed by atoms with E-state index in [1.54, 1.807) is 6.07 Å². The first-order valence-electron chi connectivity index (χ1n) is 8.14. The van der Waals surface area contributed by atoms with Crippen LogP contribution in [-0.4, -0.2) is 35.4 Å². The molecule has 4 heterocycles. The lowest BCUT2D eigenvalue weighted by Crippen LogP contribution is -2.37. The minimum atomic E-state index is -0.120. The fourth-order valence-corrected chi connectivity index (χ4v) is 3.84. The van der Waals surface area contributed by atoms with E-state index in [2.05, 4.69) is 25.5 Å². The molecule has 0 bridgehead atoms. The summed E-state index contributed by atoms with van der Waals surface area (Å²) >= 11 is 1.47. The van der Waals surface area contributed by atoms with Crippen LogP contribution in [0, 0.1) is 6.92 Å². The molecular formula is C15H19N7OS. The second-order valence-electron chi connectivity index (χ2n) is 6.00. The molecule has 0 aliphatic carbocycles. The van der Waals surface area contributed by atoms with E-state index < -0.39 is 0 Å². The van der Waals surface area contributed by atoms with Crippen LogP contribution in [0.4, 0.5) is 0 Å². The van der Waals surface area contributed by atoms with Crippen LogP contribution in [0.15, 0.2) is 10.9 Å². The van der Waals surface area contributed by atoms with Gasteiger partial charge in [0.15, 0.2) is 0 Å². The minimum Gasteiger partial charge on any atom is -0.307 e. The van der Waals surface area contributed by atoms with E-state index in [-0.39, 0.29) is 5.56 Å². The quantitative estimate of drug-likeness (QED) is 0.749. The molecule has 24 heavy (non-hydrogen) atoms. The molecule has 1 aliphatic rings. The summed E-state index contributed by atoms with van der Waals surface area (Å²) in [5.74, 6) is 1.88. The van der Waals surface area contributed by atoms with Crippen LogP contribution in [0.1, 0.15) is 35.7 Å². The summed E-state index contributed by atoms with van der Waals surface area (Å²) in [5.41, 5.74) is 0.637. The van der Waals surface area contributed by atoms with E-state index in [0.717, 1.165) is 48.2 Å². The first-order valence-corrected chi connectivity index (χ1v) is 8.96. The second-order valence-corrected chi connectivity index (χ2v) is 7.04. The summed E-state index contributed by atoms with van der Waals surface area (Å²) in [5, 5.41) is 13.1. The lowest BCUT2D eigenvalue weighted by atomic mass is 10.1. The van der Waals surface area contributed by atoms with Gasteiger partial charge in [0.05, 0.1) is 12.2 Å². The number of fused-ring (bicyclic) bond motifs is 2. The molecule has 8 nitrogen and oxygen atoms in total. The molecule has 9 heteroatoms. The Bertz CT molecular complexity index is 941. The molecule has 0 saturated heterocycles. The highest BCUT2D eigenvalue weighted by Crippen LogP contribution is 2.14. The minimum absolute atomic E-state index is 0.120. The summed E-state index contributed by atoms with van der Waals surface area (Å²) in [7, 11) is 0. The van der Waals surface area contributed by atoms with E-state index in [9.17, 15) is 4.79 Å². The third-order valence-electron chi connectivity index (χ3n) is 4.18. The van der Waals surface area contributed by atoms with E-state index in [0.29, 0.717) is 17.5 Å². The zero-order valence-corrected chi connectivity index (χ0v) is 14.5. The molecule has 1 atom stereocenters. The van der Waals surface area contributed by atoms with Gasteiger partial charge in [-0.15, -0.1) is 0 Å². The Labute approximate surface area is 142 Å². The van der Waals surface area contributed by atoms with Gasteiger partial charge in [-0.3, -0.25) is 4.79 Å². The van der Waals surface area contributed by atoms with Crippen molar-refractivity contribution < 1.29 is 0 Å². The number of aromatic nitrogens is 6. The van der Waals surface area contributed by atoms with Crippen molar-refractivity contribution >= 4 is 16.3 Å². The van der Waals surface area contributed by atoms with Gasteiger partial charge in [0.25, 0.3) is 5.56 Å². The fourth-order valence-electron chi connectivity index (χ4n) is 2.98. The van der Waals surface area contributed by atoms with Crippen LogP contribution in [0.3, 0.4) is 0 Å². The van der Waals surface area contributed by atoms with Crippen molar-refractivity contribution in [3.05, 3.63) is 38.8 Å². The van der Waals surface area contributed by atoms with Crippen LogP contribution in [0.25, 0.3) is 4.96 Å². The number of rotatable bonds is 4. The zero-order chi connectivity index (χ0) is 16.7. The average molecular weight is 345 g/mol. The number of hydrogen-bond donors (Lipinski definition) is 1. The summed E-state index contributed by atoms with van der Waals surface area (Å²) < 4.78 is 3.36. The van der Waals surface area contributed by atoms with Crippen molar-refractivity contribution in [2.45, 2.75) is 52.2 Å². The third kappa shape index (κ3) is 2.84. The van der Waals surface area contributed by atoms with Crippen LogP contribution >= 0.6 is 11.3 Å². The molecule has 0 spiro atoms. The molecule has 1 unspecified atom stereocenters. The van der Waals surface area contributed by atoms with E-state index in [1.165, 1.54) is 15.9 Å². The molecular weight excluding hydrogens is 326 g/mol. The number of nitrogens with zero attached hydrogens (tertiary/aromatic N) is 6. The largest absolute Gasteiger partial charge is 0.307 e. The second kappa shape index (κ2) is 6.06. The Morgan fingerprint density at radius 1 is 1.38 bits per heavy atom. The predicted molar refractivity (Wildman–Crippen MR) is 90.2 cm³/mol. The fraction of sp³-hybridized carbons (Fsp3) is 0.533. The first kappa shape index (κ1) is 15.4. The highest BCUT2D eigenvalue weighted by atomic mass is 32.1. The molecule has 0 fully saturated rings.